The molecule has 25 heavy (non-hydrogen) atoms. The standard InChI is InChI=1S/C17H19N3O4S/c1-10-9-13(19-16(22)12-3-2-8-24-12)25-14(10)17(23)20-6-4-11(5-7-20)15(18)21/h2-3,8-9,11H,4-7H2,1H3,(H2,18,21)(H,19,22). The second-order valence-electron chi connectivity index (χ2n) is 6.02. The van der Waals surface area contributed by atoms with E-state index < -0.39 is 0 Å². The van der Waals surface area contributed by atoms with Gasteiger partial charge in [0.1, 0.15) is 0 Å². The van der Waals surface area contributed by atoms with Crippen LogP contribution >= 0.6 is 11.3 Å². The topological polar surface area (TPSA) is 106 Å². The van der Waals surface area contributed by atoms with E-state index in [9.17, 15) is 14.4 Å². The summed E-state index contributed by atoms with van der Waals surface area (Å²) in [7, 11) is 0. The summed E-state index contributed by atoms with van der Waals surface area (Å²) >= 11 is 1.24. The lowest BCUT2D eigenvalue weighted by molar-refractivity contribution is -0.123. The van der Waals surface area contributed by atoms with Gasteiger partial charge >= 0.3 is 0 Å². The Morgan fingerprint density at radius 1 is 1.32 bits per heavy atom. The summed E-state index contributed by atoms with van der Waals surface area (Å²) < 4.78 is 5.06. The van der Waals surface area contributed by atoms with Gasteiger partial charge in [-0.15, -0.1) is 11.3 Å². The summed E-state index contributed by atoms with van der Waals surface area (Å²) in [5, 5.41) is 3.33. The number of likely N-dealkylation sites (tertiary alicyclic amines) is 1. The lowest BCUT2D eigenvalue weighted by Crippen LogP contribution is -2.41. The Bertz CT molecular complexity index is 789. The average molecular weight is 361 g/mol. The van der Waals surface area contributed by atoms with Crippen molar-refractivity contribution in [1.29, 1.82) is 0 Å². The van der Waals surface area contributed by atoms with Gasteiger partial charge in [-0.1, -0.05) is 0 Å². The molecule has 3 heterocycles. The van der Waals surface area contributed by atoms with Crippen LogP contribution in [-0.4, -0.2) is 35.7 Å². The van der Waals surface area contributed by atoms with E-state index in [1.54, 1.807) is 23.1 Å². The van der Waals surface area contributed by atoms with Crippen LogP contribution in [0.25, 0.3) is 0 Å². The molecule has 1 aliphatic heterocycles. The monoisotopic (exact) mass is 361 g/mol. The molecule has 2 aromatic heterocycles. The number of nitrogens with two attached hydrogens (primary N) is 1. The Balaban J connectivity index is 1.67. The summed E-state index contributed by atoms with van der Waals surface area (Å²) in [5.41, 5.74) is 6.13. The van der Waals surface area contributed by atoms with Gasteiger partial charge in [-0.3, -0.25) is 14.4 Å². The van der Waals surface area contributed by atoms with Crippen LogP contribution in [0, 0.1) is 12.8 Å². The summed E-state index contributed by atoms with van der Waals surface area (Å²) in [6.07, 6.45) is 2.61. The minimum absolute atomic E-state index is 0.0797. The Hall–Kier alpha value is -2.61. The highest BCUT2D eigenvalue weighted by Gasteiger charge is 2.28. The normalized spacial score (nSPS) is 15.2. The fourth-order valence-electron chi connectivity index (χ4n) is 2.85. The van der Waals surface area contributed by atoms with Gasteiger partial charge in [-0.2, -0.15) is 0 Å². The van der Waals surface area contributed by atoms with Crippen LogP contribution in [0.1, 0.15) is 38.6 Å². The van der Waals surface area contributed by atoms with E-state index >= 15 is 0 Å². The first kappa shape index (κ1) is 17.2. The Kier molecular flexibility index (Phi) is 4.89. The predicted octanol–water partition coefficient (Wildman–Crippen LogP) is 2.24. The highest BCUT2D eigenvalue weighted by atomic mass is 32.1. The number of furan rings is 1. The van der Waals surface area contributed by atoms with Gasteiger partial charge in [0.2, 0.25) is 5.91 Å². The van der Waals surface area contributed by atoms with Gasteiger partial charge in [-0.25, -0.2) is 0 Å². The molecule has 0 saturated carbocycles. The Labute approximate surface area is 148 Å². The number of carbonyl (C=O) groups is 3. The van der Waals surface area contributed by atoms with Crippen molar-refractivity contribution in [3.8, 4) is 0 Å². The Morgan fingerprint density at radius 3 is 2.64 bits per heavy atom. The van der Waals surface area contributed by atoms with Crippen molar-refractivity contribution in [2.45, 2.75) is 19.8 Å². The third-order valence-corrected chi connectivity index (χ3v) is 5.42. The zero-order chi connectivity index (χ0) is 18.0. The van der Waals surface area contributed by atoms with Gasteiger partial charge < -0.3 is 20.4 Å². The molecule has 3 N–H and O–H groups in total. The molecule has 0 aromatic carbocycles. The third kappa shape index (κ3) is 3.74. The van der Waals surface area contributed by atoms with Crippen LogP contribution in [-0.2, 0) is 4.79 Å². The number of nitrogens with zero attached hydrogens (tertiary/aromatic N) is 1. The number of aryl methyl sites for hydroxylation is 1. The van der Waals surface area contributed by atoms with E-state index in [4.69, 9.17) is 10.2 Å². The van der Waals surface area contributed by atoms with Gasteiger partial charge in [0.25, 0.3) is 11.8 Å². The minimum atomic E-state index is -0.354. The number of hydrogen-bond donors (Lipinski definition) is 2. The third-order valence-electron chi connectivity index (χ3n) is 4.28. The van der Waals surface area contributed by atoms with Gasteiger partial charge in [0.05, 0.1) is 16.1 Å². The molecule has 2 aromatic rings. The fraction of sp³-hybridized carbons (Fsp3) is 0.353. The van der Waals surface area contributed by atoms with E-state index in [0.29, 0.717) is 35.8 Å². The number of piperidine rings is 1. The molecular weight excluding hydrogens is 342 g/mol. The van der Waals surface area contributed by atoms with Crippen LogP contribution < -0.4 is 11.1 Å². The first-order valence-electron chi connectivity index (χ1n) is 7.99. The molecule has 1 fully saturated rings. The van der Waals surface area contributed by atoms with Crippen molar-refractivity contribution >= 4 is 34.1 Å². The molecule has 0 unspecified atom stereocenters. The number of hydrogen-bond acceptors (Lipinski definition) is 5. The zero-order valence-electron chi connectivity index (χ0n) is 13.8. The van der Waals surface area contributed by atoms with Crippen molar-refractivity contribution in [3.63, 3.8) is 0 Å². The number of nitrogens with one attached hydrogen (secondary N) is 1. The zero-order valence-corrected chi connectivity index (χ0v) is 14.6. The molecule has 1 aliphatic rings. The summed E-state index contributed by atoms with van der Waals surface area (Å²) in [4.78, 5) is 38.3. The highest BCUT2D eigenvalue weighted by molar-refractivity contribution is 7.18. The van der Waals surface area contributed by atoms with Crippen LogP contribution in [0.2, 0.25) is 0 Å². The van der Waals surface area contributed by atoms with Crippen LogP contribution in [0.15, 0.2) is 28.9 Å². The quantitative estimate of drug-likeness (QED) is 0.871. The maximum Gasteiger partial charge on any atom is 0.291 e. The predicted molar refractivity (Wildman–Crippen MR) is 93.5 cm³/mol. The molecule has 7 nitrogen and oxygen atoms in total. The first-order valence-corrected chi connectivity index (χ1v) is 8.81. The van der Waals surface area contributed by atoms with E-state index in [0.717, 1.165) is 5.56 Å². The maximum absolute atomic E-state index is 12.7. The molecule has 3 amide bonds. The molecule has 0 spiro atoms. The lowest BCUT2D eigenvalue weighted by Gasteiger charge is -2.30. The minimum Gasteiger partial charge on any atom is -0.459 e. The maximum atomic E-state index is 12.7. The van der Waals surface area contributed by atoms with Crippen LogP contribution in [0.3, 0.4) is 0 Å². The van der Waals surface area contributed by atoms with Gasteiger partial charge in [-0.05, 0) is 43.5 Å². The molecule has 0 atom stereocenters. The molecule has 0 radical (unpaired) electrons. The van der Waals surface area contributed by atoms with Crippen LogP contribution in [0.5, 0.6) is 0 Å². The van der Waals surface area contributed by atoms with Crippen molar-refractivity contribution in [3.05, 3.63) is 40.7 Å². The summed E-state index contributed by atoms with van der Waals surface area (Å²) in [5.74, 6) is -0.678. The number of carbonyl (C=O) groups excluding carboxylic acids is 3. The molecule has 0 bridgehead atoms. The fourth-order valence-corrected chi connectivity index (χ4v) is 3.88. The van der Waals surface area contributed by atoms with Crippen LogP contribution in [0.4, 0.5) is 5.00 Å². The van der Waals surface area contributed by atoms with E-state index in [1.165, 1.54) is 17.6 Å². The van der Waals surface area contributed by atoms with Crippen molar-refractivity contribution in [2.24, 2.45) is 11.7 Å². The summed E-state index contributed by atoms with van der Waals surface area (Å²) in [6.45, 7) is 2.86. The highest BCUT2D eigenvalue weighted by Crippen LogP contribution is 2.29. The largest absolute Gasteiger partial charge is 0.459 e. The van der Waals surface area contributed by atoms with E-state index in [1.807, 2.05) is 6.92 Å². The van der Waals surface area contributed by atoms with Crippen molar-refractivity contribution in [1.82, 2.24) is 4.90 Å². The lowest BCUT2D eigenvalue weighted by atomic mass is 9.96. The number of rotatable bonds is 4. The van der Waals surface area contributed by atoms with Gasteiger partial charge in [0, 0.05) is 19.0 Å². The SMILES string of the molecule is Cc1cc(NC(=O)c2ccco2)sc1C(=O)N1CCC(C(N)=O)CC1. The smallest absolute Gasteiger partial charge is 0.291 e. The van der Waals surface area contributed by atoms with E-state index in [2.05, 4.69) is 5.32 Å². The average Bonchev–Trinajstić information content (AvgIpc) is 3.24. The Morgan fingerprint density at radius 2 is 2.04 bits per heavy atom. The van der Waals surface area contributed by atoms with E-state index in [-0.39, 0.29) is 29.4 Å². The second kappa shape index (κ2) is 7.10. The van der Waals surface area contributed by atoms with Crippen molar-refractivity contribution < 1.29 is 18.8 Å². The number of anilines is 1. The molecule has 8 heteroatoms. The molecule has 0 aliphatic carbocycles. The molecule has 1 saturated heterocycles. The number of primary amides is 1. The molecule has 132 valence electrons. The first-order chi connectivity index (χ1) is 12.0. The summed E-state index contributed by atoms with van der Waals surface area (Å²) in [6, 6.07) is 4.99. The van der Waals surface area contributed by atoms with Crippen molar-refractivity contribution in [2.75, 3.05) is 18.4 Å². The number of thiophene rings is 1. The molecule has 3 rings (SSSR count). The van der Waals surface area contributed by atoms with Gasteiger partial charge in [0.15, 0.2) is 5.76 Å². The number of amides is 3. The second-order valence-corrected chi connectivity index (χ2v) is 7.08. The molecular formula is C17H19N3O4S.